The molecule has 1 aliphatic carbocycles. The third-order valence-electron chi connectivity index (χ3n) is 12.5. The molecule has 12 rings (SSSR count). The van der Waals surface area contributed by atoms with Gasteiger partial charge < -0.3 is 4.90 Å². The van der Waals surface area contributed by atoms with Gasteiger partial charge >= 0.3 is 0 Å². The molecule has 0 radical (unpaired) electrons. The SMILES string of the molecule is c1ccc(-c2nc(-c3ccccc3)nc(-c3ccc(-c4cccc(-c5ccc6c(c5)-c5ccccc5C65c6ccccc6N(c6ccccc6)c6ccccc65)c4)cc3)n2)cc1. The summed E-state index contributed by atoms with van der Waals surface area (Å²) in [5.41, 5.74) is 18.3. The van der Waals surface area contributed by atoms with E-state index >= 15 is 0 Å². The largest absolute Gasteiger partial charge is 0.310 e. The van der Waals surface area contributed by atoms with Crippen molar-refractivity contribution < 1.29 is 0 Å². The predicted molar refractivity (Wildman–Crippen MR) is 253 cm³/mol. The number of fused-ring (bicyclic) bond motifs is 9. The van der Waals surface area contributed by atoms with Crippen LogP contribution in [0.2, 0.25) is 0 Å². The molecule has 0 bridgehead atoms. The molecular weight excluding hydrogens is 753 g/mol. The van der Waals surface area contributed by atoms with Crippen LogP contribution in [0.3, 0.4) is 0 Å². The van der Waals surface area contributed by atoms with Crippen LogP contribution in [0.1, 0.15) is 22.3 Å². The Hall–Kier alpha value is -8.21. The lowest BCUT2D eigenvalue weighted by atomic mass is 9.64. The van der Waals surface area contributed by atoms with E-state index in [-0.39, 0.29) is 0 Å². The van der Waals surface area contributed by atoms with Crippen molar-refractivity contribution in [2.45, 2.75) is 5.41 Å². The lowest BCUT2D eigenvalue weighted by molar-refractivity contribution is 0.753. The lowest BCUT2D eigenvalue weighted by Crippen LogP contribution is -2.36. The van der Waals surface area contributed by atoms with Gasteiger partial charge in [-0.2, -0.15) is 0 Å². The molecule has 2 aliphatic rings. The number of hydrogen-bond donors (Lipinski definition) is 0. The van der Waals surface area contributed by atoms with Gasteiger partial charge in [-0.25, -0.2) is 15.0 Å². The molecule has 2 heterocycles. The maximum absolute atomic E-state index is 4.95. The zero-order chi connectivity index (χ0) is 41.0. The molecular formula is C58H38N4. The number of benzene rings is 9. The Morgan fingerprint density at radius 3 is 1.27 bits per heavy atom. The van der Waals surface area contributed by atoms with E-state index in [1.54, 1.807) is 0 Å². The molecule has 0 fully saturated rings. The van der Waals surface area contributed by atoms with E-state index in [1.165, 1.54) is 55.9 Å². The third kappa shape index (κ3) is 5.65. The van der Waals surface area contributed by atoms with Crippen LogP contribution in [-0.2, 0) is 5.41 Å². The van der Waals surface area contributed by atoms with E-state index in [2.05, 4.69) is 175 Å². The molecule has 0 N–H and O–H groups in total. The van der Waals surface area contributed by atoms with E-state index in [4.69, 9.17) is 15.0 Å². The fraction of sp³-hybridized carbons (Fsp3) is 0.0172. The van der Waals surface area contributed by atoms with Gasteiger partial charge in [0.05, 0.1) is 16.8 Å². The summed E-state index contributed by atoms with van der Waals surface area (Å²) >= 11 is 0. The first kappa shape index (κ1) is 35.7. The third-order valence-corrected chi connectivity index (χ3v) is 12.5. The average Bonchev–Trinajstić information content (AvgIpc) is 3.65. The van der Waals surface area contributed by atoms with Crippen molar-refractivity contribution in [1.82, 2.24) is 15.0 Å². The Balaban J connectivity index is 0.935. The summed E-state index contributed by atoms with van der Waals surface area (Å²) in [7, 11) is 0. The van der Waals surface area contributed by atoms with Gasteiger partial charge in [-0.15, -0.1) is 0 Å². The fourth-order valence-corrected chi connectivity index (χ4v) is 9.77. The van der Waals surface area contributed by atoms with E-state index in [0.717, 1.165) is 33.5 Å². The van der Waals surface area contributed by atoms with Gasteiger partial charge in [-0.3, -0.25) is 0 Å². The fourth-order valence-electron chi connectivity index (χ4n) is 9.77. The van der Waals surface area contributed by atoms with E-state index in [0.29, 0.717) is 17.5 Å². The molecule has 1 aliphatic heterocycles. The Bertz CT molecular complexity index is 3180. The Labute approximate surface area is 361 Å². The second-order valence-corrected chi connectivity index (χ2v) is 16.0. The van der Waals surface area contributed by atoms with Crippen LogP contribution in [0.5, 0.6) is 0 Å². The average molecular weight is 791 g/mol. The Morgan fingerprint density at radius 1 is 0.274 bits per heavy atom. The molecule has 62 heavy (non-hydrogen) atoms. The minimum absolute atomic E-state index is 0.477. The molecule has 0 unspecified atom stereocenters. The first-order valence-electron chi connectivity index (χ1n) is 21.1. The Kier molecular flexibility index (Phi) is 8.36. The molecule has 0 atom stereocenters. The molecule has 0 amide bonds. The van der Waals surface area contributed by atoms with Crippen molar-refractivity contribution >= 4 is 17.1 Å². The molecule has 0 saturated heterocycles. The topological polar surface area (TPSA) is 41.9 Å². The quantitative estimate of drug-likeness (QED) is 0.168. The maximum Gasteiger partial charge on any atom is 0.164 e. The Morgan fingerprint density at radius 2 is 0.677 bits per heavy atom. The molecule has 9 aromatic carbocycles. The summed E-state index contributed by atoms with van der Waals surface area (Å²) in [5, 5.41) is 0. The predicted octanol–water partition coefficient (Wildman–Crippen LogP) is 14.4. The molecule has 1 aromatic heterocycles. The number of aromatic nitrogens is 3. The zero-order valence-corrected chi connectivity index (χ0v) is 33.7. The van der Waals surface area contributed by atoms with Crippen LogP contribution in [0.25, 0.3) is 67.5 Å². The van der Waals surface area contributed by atoms with Gasteiger partial charge in [0.15, 0.2) is 17.5 Å². The van der Waals surface area contributed by atoms with Crippen LogP contribution in [0, 0.1) is 0 Å². The van der Waals surface area contributed by atoms with E-state index in [1.807, 2.05) is 60.7 Å². The van der Waals surface area contributed by atoms with Crippen molar-refractivity contribution in [2.24, 2.45) is 0 Å². The number of nitrogens with zero attached hydrogens (tertiary/aromatic N) is 4. The second-order valence-electron chi connectivity index (χ2n) is 16.0. The molecule has 4 heteroatoms. The molecule has 10 aromatic rings. The molecule has 0 saturated carbocycles. The van der Waals surface area contributed by atoms with Gasteiger partial charge in [0.1, 0.15) is 0 Å². The van der Waals surface area contributed by atoms with Crippen LogP contribution < -0.4 is 4.90 Å². The van der Waals surface area contributed by atoms with Crippen molar-refractivity contribution in [1.29, 1.82) is 0 Å². The monoisotopic (exact) mass is 790 g/mol. The van der Waals surface area contributed by atoms with E-state index < -0.39 is 5.41 Å². The second kappa shape index (κ2) is 14.5. The molecule has 4 nitrogen and oxygen atoms in total. The van der Waals surface area contributed by atoms with Gasteiger partial charge in [0.2, 0.25) is 0 Å². The molecule has 290 valence electrons. The van der Waals surface area contributed by atoms with Crippen molar-refractivity contribution in [3.63, 3.8) is 0 Å². The van der Waals surface area contributed by atoms with Crippen molar-refractivity contribution in [3.8, 4) is 67.5 Å². The summed E-state index contributed by atoms with van der Waals surface area (Å²) in [6.45, 7) is 0. The van der Waals surface area contributed by atoms with Gasteiger partial charge in [0.25, 0.3) is 0 Å². The first-order chi connectivity index (χ1) is 30.7. The lowest BCUT2D eigenvalue weighted by Gasteiger charge is -2.45. The summed E-state index contributed by atoms with van der Waals surface area (Å²) in [6.07, 6.45) is 0. The van der Waals surface area contributed by atoms with Crippen LogP contribution in [0.15, 0.2) is 231 Å². The smallest absolute Gasteiger partial charge is 0.164 e. The number of anilines is 3. The van der Waals surface area contributed by atoms with Gasteiger partial charge in [0, 0.05) is 22.4 Å². The van der Waals surface area contributed by atoms with Gasteiger partial charge in [-0.1, -0.05) is 194 Å². The molecule has 1 spiro atoms. The zero-order valence-electron chi connectivity index (χ0n) is 33.7. The highest BCUT2D eigenvalue weighted by molar-refractivity contribution is 5.96. The van der Waals surface area contributed by atoms with Crippen LogP contribution in [-0.4, -0.2) is 15.0 Å². The van der Waals surface area contributed by atoms with E-state index in [9.17, 15) is 0 Å². The normalized spacial score (nSPS) is 12.9. The standard InChI is InChI=1S/C58H38N4/c1-4-17-40(18-5-1)55-59-56(41-19-6-2-7-20-41)61-57(60-55)42-33-31-39(32-34-42)43-21-16-22-44(37-43)45-35-36-50-48(38-45)47-25-10-11-26-49(47)58(50)51-27-12-14-29-53(51)62(46-23-8-3-9-24-46)54-30-15-13-28-52(54)58/h1-38H. The highest BCUT2D eigenvalue weighted by Crippen LogP contribution is 2.63. The number of hydrogen-bond acceptors (Lipinski definition) is 4. The van der Waals surface area contributed by atoms with Crippen LogP contribution >= 0.6 is 0 Å². The first-order valence-corrected chi connectivity index (χ1v) is 21.1. The minimum atomic E-state index is -0.477. The summed E-state index contributed by atoms with van der Waals surface area (Å²) in [5.74, 6) is 1.95. The minimum Gasteiger partial charge on any atom is -0.310 e. The summed E-state index contributed by atoms with van der Waals surface area (Å²) < 4.78 is 0. The van der Waals surface area contributed by atoms with Gasteiger partial charge in [-0.05, 0) is 92.0 Å². The number of para-hydroxylation sites is 3. The van der Waals surface area contributed by atoms with Crippen molar-refractivity contribution in [2.75, 3.05) is 4.90 Å². The highest BCUT2D eigenvalue weighted by Gasteiger charge is 2.51. The highest BCUT2D eigenvalue weighted by atomic mass is 15.2. The maximum atomic E-state index is 4.95. The van der Waals surface area contributed by atoms with Crippen molar-refractivity contribution in [3.05, 3.63) is 253 Å². The summed E-state index contributed by atoms with van der Waals surface area (Å²) in [6, 6.07) is 82.5. The summed E-state index contributed by atoms with van der Waals surface area (Å²) in [4.78, 5) is 17.2. The van der Waals surface area contributed by atoms with Crippen LogP contribution in [0.4, 0.5) is 17.1 Å². The number of rotatable bonds is 6.